The van der Waals surface area contributed by atoms with Gasteiger partial charge in [-0.2, -0.15) is 0 Å². The lowest BCUT2D eigenvalue weighted by molar-refractivity contribution is -0.147. The first kappa shape index (κ1) is 12.4. The summed E-state index contributed by atoms with van der Waals surface area (Å²) in [5.41, 5.74) is 0. The Morgan fingerprint density at radius 2 is 2.27 bits per heavy atom. The van der Waals surface area contributed by atoms with Crippen molar-refractivity contribution in [3.05, 3.63) is 0 Å². The Labute approximate surface area is 96.8 Å². The smallest absolute Gasteiger partial charge is 0.328 e. The van der Waals surface area contributed by atoms with Crippen molar-refractivity contribution in [3.63, 3.8) is 0 Å². The maximum atomic E-state index is 11.6. The predicted molar refractivity (Wildman–Crippen MR) is 63.9 cm³/mol. The number of hydrogen-bond donors (Lipinski definition) is 0. The van der Waals surface area contributed by atoms with Crippen LogP contribution in [0.15, 0.2) is 0 Å². The van der Waals surface area contributed by atoms with E-state index in [1.165, 1.54) is 0 Å². The highest BCUT2D eigenvalue weighted by Crippen LogP contribution is 2.20. The third-order valence-corrected chi connectivity index (χ3v) is 3.03. The summed E-state index contributed by atoms with van der Waals surface area (Å²) < 4.78 is 5.04. The van der Waals surface area contributed by atoms with Crippen molar-refractivity contribution in [3.8, 4) is 0 Å². The number of ether oxygens (including phenoxy) is 1. The number of esters is 1. The van der Waals surface area contributed by atoms with Crippen LogP contribution in [0, 0.1) is 0 Å². The van der Waals surface area contributed by atoms with E-state index in [1.54, 1.807) is 0 Å². The standard InChI is InChI=1S/C11H19NO2S/c1-3-6-10(15)12-8-5-7-9(12)11(13)14-4-2/h9H,3-8H2,1-2H3/t9-/m0/s1. The van der Waals surface area contributed by atoms with Crippen LogP contribution in [0.4, 0.5) is 0 Å². The zero-order valence-corrected chi connectivity index (χ0v) is 10.3. The molecule has 1 atom stereocenters. The van der Waals surface area contributed by atoms with Crippen LogP contribution in [-0.4, -0.2) is 35.1 Å². The molecule has 86 valence electrons. The van der Waals surface area contributed by atoms with Crippen molar-refractivity contribution in [1.82, 2.24) is 4.90 Å². The second-order valence-corrected chi connectivity index (χ2v) is 4.22. The monoisotopic (exact) mass is 229 g/mol. The van der Waals surface area contributed by atoms with Crippen LogP contribution in [0.25, 0.3) is 0 Å². The first-order chi connectivity index (χ1) is 7.20. The van der Waals surface area contributed by atoms with Gasteiger partial charge >= 0.3 is 5.97 Å². The maximum absolute atomic E-state index is 11.6. The summed E-state index contributed by atoms with van der Waals surface area (Å²) in [5, 5.41) is 0. The van der Waals surface area contributed by atoms with Crippen LogP contribution < -0.4 is 0 Å². The fourth-order valence-electron chi connectivity index (χ4n) is 1.91. The average Bonchev–Trinajstić information content (AvgIpc) is 2.66. The van der Waals surface area contributed by atoms with Gasteiger partial charge in [-0.15, -0.1) is 0 Å². The Balaban J connectivity index is 2.56. The molecule has 0 aromatic carbocycles. The van der Waals surface area contributed by atoms with Gasteiger partial charge in [-0.3, -0.25) is 0 Å². The van der Waals surface area contributed by atoms with Gasteiger partial charge in [0.05, 0.1) is 11.6 Å². The summed E-state index contributed by atoms with van der Waals surface area (Å²) in [6.45, 7) is 5.29. The molecule has 1 rings (SSSR count). The lowest BCUT2D eigenvalue weighted by Gasteiger charge is -2.25. The van der Waals surface area contributed by atoms with Crippen LogP contribution in [0.2, 0.25) is 0 Å². The highest BCUT2D eigenvalue weighted by molar-refractivity contribution is 7.80. The second kappa shape index (κ2) is 6.05. The Morgan fingerprint density at radius 3 is 2.87 bits per heavy atom. The first-order valence-electron chi connectivity index (χ1n) is 5.66. The fraction of sp³-hybridized carbons (Fsp3) is 0.818. The molecular weight excluding hydrogens is 210 g/mol. The minimum absolute atomic E-state index is 0.117. The zero-order chi connectivity index (χ0) is 11.3. The number of thiocarbonyl (C=S) groups is 1. The van der Waals surface area contributed by atoms with Gasteiger partial charge in [0.2, 0.25) is 0 Å². The van der Waals surface area contributed by atoms with Crippen molar-refractivity contribution in [2.75, 3.05) is 13.2 Å². The molecule has 0 unspecified atom stereocenters. The van der Waals surface area contributed by atoms with Gasteiger partial charge in [0, 0.05) is 6.54 Å². The molecule has 1 aliphatic rings. The van der Waals surface area contributed by atoms with Gasteiger partial charge in [-0.25, -0.2) is 4.79 Å². The molecule has 0 aliphatic carbocycles. The van der Waals surface area contributed by atoms with E-state index >= 15 is 0 Å². The largest absolute Gasteiger partial charge is 0.464 e. The maximum Gasteiger partial charge on any atom is 0.328 e. The number of likely N-dealkylation sites (tertiary alicyclic amines) is 1. The van der Waals surface area contributed by atoms with Crippen molar-refractivity contribution in [2.24, 2.45) is 0 Å². The van der Waals surface area contributed by atoms with E-state index in [-0.39, 0.29) is 12.0 Å². The quantitative estimate of drug-likeness (QED) is 0.545. The van der Waals surface area contributed by atoms with Gasteiger partial charge < -0.3 is 9.64 Å². The summed E-state index contributed by atoms with van der Waals surface area (Å²) in [7, 11) is 0. The first-order valence-corrected chi connectivity index (χ1v) is 6.07. The molecule has 1 aliphatic heterocycles. The van der Waals surface area contributed by atoms with Gasteiger partial charge in [-0.1, -0.05) is 19.1 Å². The lowest BCUT2D eigenvalue weighted by Crippen LogP contribution is -2.40. The molecule has 0 aromatic rings. The Hall–Kier alpha value is -0.640. The Kier molecular flexibility index (Phi) is 5.02. The third kappa shape index (κ3) is 3.16. The number of carbonyl (C=O) groups is 1. The SMILES string of the molecule is CCCC(=S)N1CCC[C@H]1C(=O)OCC. The summed E-state index contributed by atoms with van der Waals surface area (Å²) in [6.07, 6.45) is 3.84. The molecule has 1 heterocycles. The van der Waals surface area contributed by atoms with Crippen LogP contribution in [0.3, 0.4) is 0 Å². The van der Waals surface area contributed by atoms with E-state index in [0.29, 0.717) is 6.61 Å². The summed E-state index contributed by atoms with van der Waals surface area (Å²) in [6, 6.07) is -0.121. The van der Waals surface area contributed by atoms with Crippen LogP contribution in [0.5, 0.6) is 0 Å². The minimum atomic E-state index is -0.121. The van der Waals surface area contributed by atoms with Crippen molar-refractivity contribution in [2.45, 2.75) is 45.6 Å². The molecule has 0 aromatic heterocycles. The molecule has 1 fully saturated rings. The molecule has 4 heteroatoms. The van der Waals surface area contributed by atoms with Crippen molar-refractivity contribution >= 4 is 23.2 Å². The molecule has 3 nitrogen and oxygen atoms in total. The van der Waals surface area contributed by atoms with Crippen LogP contribution in [-0.2, 0) is 9.53 Å². The van der Waals surface area contributed by atoms with Crippen LogP contribution >= 0.6 is 12.2 Å². The van der Waals surface area contributed by atoms with E-state index < -0.39 is 0 Å². The number of rotatable bonds is 4. The number of nitrogens with zero attached hydrogens (tertiary/aromatic N) is 1. The van der Waals surface area contributed by atoms with Crippen molar-refractivity contribution < 1.29 is 9.53 Å². The molecular formula is C11H19NO2S. The highest BCUT2D eigenvalue weighted by atomic mass is 32.1. The summed E-state index contributed by atoms with van der Waals surface area (Å²) in [4.78, 5) is 14.6. The predicted octanol–water partition coefficient (Wildman–Crippen LogP) is 2.14. The summed E-state index contributed by atoms with van der Waals surface area (Å²) >= 11 is 5.31. The molecule has 0 amide bonds. The zero-order valence-electron chi connectivity index (χ0n) is 9.49. The van der Waals surface area contributed by atoms with Crippen molar-refractivity contribution in [1.29, 1.82) is 0 Å². The van der Waals surface area contributed by atoms with E-state index in [9.17, 15) is 4.79 Å². The average molecular weight is 229 g/mol. The molecule has 0 spiro atoms. The van der Waals surface area contributed by atoms with Gasteiger partial charge in [0.25, 0.3) is 0 Å². The Morgan fingerprint density at radius 1 is 1.53 bits per heavy atom. The highest BCUT2D eigenvalue weighted by Gasteiger charge is 2.32. The number of hydrogen-bond acceptors (Lipinski definition) is 3. The minimum Gasteiger partial charge on any atom is -0.464 e. The lowest BCUT2D eigenvalue weighted by atomic mass is 10.2. The third-order valence-electron chi connectivity index (χ3n) is 2.60. The van der Waals surface area contributed by atoms with E-state index in [2.05, 4.69) is 6.92 Å². The van der Waals surface area contributed by atoms with E-state index in [0.717, 1.165) is 37.2 Å². The molecule has 0 saturated carbocycles. The fourth-order valence-corrected chi connectivity index (χ4v) is 2.33. The second-order valence-electron chi connectivity index (χ2n) is 3.75. The van der Waals surface area contributed by atoms with Gasteiger partial charge in [-0.05, 0) is 32.6 Å². The van der Waals surface area contributed by atoms with Crippen LogP contribution in [0.1, 0.15) is 39.5 Å². The van der Waals surface area contributed by atoms with Gasteiger partial charge in [0.15, 0.2) is 0 Å². The van der Waals surface area contributed by atoms with Gasteiger partial charge in [0.1, 0.15) is 6.04 Å². The number of carbonyl (C=O) groups excluding carboxylic acids is 1. The molecule has 15 heavy (non-hydrogen) atoms. The topological polar surface area (TPSA) is 29.5 Å². The molecule has 0 N–H and O–H groups in total. The molecule has 1 saturated heterocycles. The summed E-state index contributed by atoms with van der Waals surface area (Å²) in [5.74, 6) is -0.117. The van der Waals surface area contributed by atoms with E-state index in [1.807, 2.05) is 11.8 Å². The van der Waals surface area contributed by atoms with E-state index in [4.69, 9.17) is 17.0 Å². The molecule has 0 bridgehead atoms. The Bertz CT molecular complexity index is 219. The normalized spacial score (nSPS) is 20.4. The molecule has 0 radical (unpaired) electrons.